The van der Waals surface area contributed by atoms with Crippen LogP contribution in [-0.4, -0.2) is 29.7 Å². The maximum absolute atomic E-state index is 13.6. The summed E-state index contributed by atoms with van der Waals surface area (Å²) in [5.74, 6) is -2.05. The molecular weight excluding hydrogens is 425 g/mol. The molecule has 33 heavy (non-hydrogen) atoms. The first-order valence-corrected chi connectivity index (χ1v) is 10.1. The van der Waals surface area contributed by atoms with Gasteiger partial charge in [0.15, 0.2) is 17.3 Å². The van der Waals surface area contributed by atoms with Crippen molar-refractivity contribution in [3.05, 3.63) is 107 Å². The van der Waals surface area contributed by atoms with E-state index in [4.69, 9.17) is 4.74 Å². The van der Waals surface area contributed by atoms with Gasteiger partial charge >= 0.3 is 0 Å². The van der Waals surface area contributed by atoms with Crippen LogP contribution in [0.15, 0.2) is 84.1 Å². The van der Waals surface area contributed by atoms with Crippen molar-refractivity contribution < 1.29 is 28.6 Å². The first kappa shape index (κ1) is 22.0. The number of methoxy groups -OCH3 is 1. The zero-order valence-corrected chi connectivity index (χ0v) is 17.9. The highest BCUT2D eigenvalue weighted by Crippen LogP contribution is 2.42. The summed E-state index contributed by atoms with van der Waals surface area (Å²) in [6, 6.07) is 16.9. The van der Waals surface area contributed by atoms with Gasteiger partial charge in [0.1, 0.15) is 11.6 Å². The molecule has 6 nitrogen and oxygen atoms in total. The number of anilines is 1. The number of hydrogen-bond donors (Lipinski definition) is 1. The van der Waals surface area contributed by atoms with E-state index in [0.29, 0.717) is 22.6 Å². The first-order valence-electron chi connectivity index (χ1n) is 10.1. The molecule has 1 aliphatic heterocycles. The molecule has 1 heterocycles. The van der Waals surface area contributed by atoms with Crippen LogP contribution in [-0.2, 0) is 4.79 Å². The van der Waals surface area contributed by atoms with Crippen LogP contribution in [0.2, 0.25) is 0 Å². The number of halogens is 1. The molecule has 1 unspecified atom stereocenters. The van der Waals surface area contributed by atoms with E-state index >= 15 is 0 Å². The number of Topliss-reactive ketones (excluding diaryl/α,β-unsaturated/α-hetero) is 2. The lowest BCUT2D eigenvalue weighted by Crippen LogP contribution is -2.31. The minimum Gasteiger partial charge on any atom is -0.503 e. The average Bonchev–Trinajstić information content (AvgIpc) is 3.09. The normalized spacial score (nSPS) is 15.7. The molecule has 3 aromatic rings. The smallest absolute Gasteiger partial charge is 0.294 e. The number of carbonyl (C=O) groups is 3. The fourth-order valence-electron chi connectivity index (χ4n) is 3.82. The standard InChI is InChI=1S/C26H20FNO5/c1-15(29)16-5-11-20(12-6-16)28-23(17-3-9-19(27)10-4-17)22(25(31)26(28)32)24(30)18-7-13-21(33-2)14-8-18/h3-14,23,31H,1-2H3. The highest BCUT2D eigenvalue weighted by molar-refractivity contribution is 6.21. The summed E-state index contributed by atoms with van der Waals surface area (Å²) < 4.78 is 18.7. The second-order valence-electron chi connectivity index (χ2n) is 7.55. The van der Waals surface area contributed by atoms with Gasteiger partial charge in [0.25, 0.3) is 5.91 Å². The van der Waals surface area contributed by atoms with Gasteiger partial charge in [-0.3, -0.25) is 19.3 Å². The summed E-state index contributed by atoms with van der Waals surface area (Å²) in [4.78, 5) is 39.4. The summed E-state index contributed by atoms with van der Waals surface area (Å²) in [6.45, 7) is 1.43. The average molecular weight is 445 g/mol. The lowest BCUT2D eigenvalue weighted by molar-refractivity contribution is -0.117. The topological polar surface area (TPSA) is 83.9 Å². The molecule has 0 saturated heterocycles. The zero-order valence-electron chi connectivity index (χ0n) is 17.9. The summed E-state index contributed by atoms with van der Waals surface area (Å²) in [5, 5.41) is 10.8. The van der Waals surface area contributed by atoms with Crippen LogP contribution in [0, 0.1) is 5.82 Å². The Morgan fingerprint density at radius 3 is 2.03 bits per heavy atom. The van der Waals surface area contributed by atoms with Gasteiger partial charge in [0, 0.05) is 16.8 Å². The minimum atomic E-state index is -0.990. The van der Waals surface area contributed by atoms with Crippen molar-refractivity contribution in [2.75, 3.05) is 12.0 Å². The number of aliphatic hydroxyl groups is 1. The zero-order chi connectivity index (χ0) is 23.7. The fourth-order valence-corrected chi connectivity index (χ4v) is 3.82. The minimum absolute atomic E-state index is 0.118. The first-order chi connectivity index (χ1) is 15.8. The molecular formula is C26H20FNO5. The van der Waals surface area contributed by atoms with Crippen LogP contribution in [0.3, 0.4) is 0 Å². The number of rotatable bonds is 6. The SMILES string of the molecule is COc1ccc(C(=O)C2=C(O)C(=O)N(c3ccc(C(C)=O)cc3)C2c2ccc(F)cc2)cc1. The maximum atomic E-state index is 13.6. The summed E-state index contributed by atoms with van der Waals surface area (Å²) in [7, 11) is 1.50. The number of carbonyl (C=O) groups excluding carboxylic acids is 3. The number of aliphatic hydroxyl groups excluding tert-OH is 1. The number of ketones is 2. The molecule has 1 atom stereocenters. The third kappa shape index (κ3) is 4.01. The fraction of sp³-hybridized carbons (Fsp3) is 0.115. The van der Waals surface area contributed by atoms with Crippen LogP contribution in [0.5, 0.6) is 5.75 Å². The number of amides is 1. The molecule has 1 aliphatic rings. The Hall–Kier alpha value is -4.26. The van der Waals surface area contributed by atoms with Gasteiger partial charge in [-0.15, -0.1) is 0 Å². The van der Waals surface area contributed by atoms with E-state index in [1.54, 1.807) is 36.4 Å². The van der Waals surface area contributed by atoms with Gasteiger partial charge in [-0.25, -0.2) is 4.39 Å². The molecule has 0 radical (unpaired) electrons. The predicted molar refractivity (Wildman–Crippen MR) is 120 cm³/mol. The van der Waals surface area contributed by atoms with Crippen LogP contribution in [0.4, 0.5) is 10.1 Å². The van der Waals surface area contributed by atoms with Gasteiger partial charge in [-0.2, -0.15) is 0 Å². The van der Waals surface area contributed by atoms with Gasteiger partial charge < -0.3 is 9.84 Å². The molecule has 0 saturated carbocycles. The molecule has 3 aromatic carbocycles. The van der Waals surface area contributed by atoms with Crippen molar-refractivity contribution >= 4 is 23.2 Å². The second-order valence-corrected chi connectivity index (χ2v) is 7.55. The molecule has 1 N–H and O–H groups in total. The van der Waals surface area contributed by atoms with E-state index in [1.807, 2.05) is 0 Å². The van der Waals surface area contributed by atoms with Gasteiger partial charge in [-0.05, 0) is 73.2 Å². The van der Waals surface area contributed by atoms with E-state index in [1.165, 1.54) is 55.3 Å². The number of nitrogens with zero attached hydrogens (tertiary/aromatic N) is 1. The van der Waals surface area contributed by atoms with E-state index in [9.17, 15) is 23.9 Å². The quantitative estimate of drug-likeness (QED) is 0.550. The lowest BCUT2D eigenvalue weighted by atomic mass is 9.92. The Kier molecular flexibility index (Phi) is 5.79. The van der Waals surface area contributed by atoms with E-state index in [2.05, 4.69) is 0 Å². The Morgan fingerprint density at radius 2 is 1.48 bits per heavy atom. The predicted octanol–water partition coefficient (Wildman–Crippen LogP) is 4.82. The van der Waals surface area contributed by atoms with Gasteiger partial charge in [-0.1, -0.05) is 12.1 Å². The van der Waals surface area contributed by atoms with Gasteiger partial charge in [0.2, 0.25) is 0 Å². The van der Waals surface area contributed by atoms with Crippen LogP contribution >= 0.6 is 0 Å². The summed E-state index contributed by atoms with van der Waals surface area (Å²) in [5.41, 5.74) is 1.42. The van der Waals surface area contributed by atoms with Crippen molar-refractivity contribution in [3.8, 4) is 5.75 Å². The molecule has 0 aliphatic carbocycles. The van der Waals surface area contributed by atoms with E-state index in [-0.39, 0.29) is 16.9 Å². The number of benzene rings is 3. The highest BCUT2D eigenvalue weighted by atomic mass is 19.1. The summed E-state index contributed by atoms with van der Waals surface area (Å²) >= 11 is 0. The third-order valence-electron chi connectivity index (χ3n) is 5.54. The van der Waals surface area contributed by atoms with E-state index < -0.39 is 29.3 Å². The summed E-state index contributed by atoms with van der Waals surface area (Å²) in [6.07, 6.45) is 0. The molecule has 1 amide bonds. The van der Waals surface area contributed by atoms with Gasteiger partial charge in [0.05, 0.1) is 18.7 Å². The highest BCUT2D eigenvalue weighted by Gasteiger charge is 2.44. The molecule has 4 rings (SSSR count). The molecule has 0 bridgehead atoms. The van der Waals surface area contributed by atoms with E-state index in [0.717, 1.165) is 0 Å². The molecule has 0 fully saturated rings. The maximum Gasteiger partial charge on any atom is 0.294 e. The Balaban J connectivity index is 1.83. The Labute approximate surface area is 189 Å². The Bertz CT molecular complexity index is 1260. The number of ether oxygens (including phenoxy) is 1. The molecule has 7 heteroatoms. The van der Waals surface area contributed by atoms with Crippen LogP contribution < -0.4 is 9.64 Å². The van der Waals surface area contributed by atoms with Crippen LogP contribution in [0.25, 0.3) is 0 Å². The van der Waals surface area contributed by atoms with Crippen LogP contribution in [0.1, 0.15) is 39.2 Å². The van der Waals surface area contributed by atoms with Crippen molar-refractivity contribution in [3.63, 3.8) is 0 Å². The van der Waals surface area contributed by atoms with Crippen molar-refractivity contribution in [2.45, 2.75) is 13.0 Å². The van der Waals surface area contributed by atoms with Crippen molar-refractivity contribution in [1.82, 2.24) is 0 Å². The Morgan fingerprint density at radius 1 is 0.909 bits per heavy atom. The largest absolute Gasteiger partial charge is 0.503 e. The monoisotopic (exact) mass is 445 g/mol. The number of hydrogen-bond acceptors (Lipinski definition) is 5. The molecule has 166 valence electrons. The van der Waals surface area contributed by atoms with Crippen molar-refractivity contribution in [2.24, 2.45) is 0 Å². The molecule has 0 aromatic heterocycles. The molecule has 0 spiro atoms. The lowest BCUT2D eigenvalue weighted by Gasteiger charge is -2.27. The second kappa shape index (κ2) is 8.70. The van der Waals surface area contributed by atoms with Crippen molar-refractivity contribution in [1.29, 1.82) is 0 Å². The third-order valence-corrected chi connectivity index (χ3v) is 5.54.